The molecule has 1 heterocycles. The van der Waals surface area contributed by atoms with Crippen LogP contribution in [0.15, 0.2) is 36.2 Å². The Morgan fingerprint density at radius 1 is 1.12 bits per heavy atom. The van der Waals surface area contributed by atoms with Crippen LogP contribution in [0.1, 0.15) is 43.2 Å². The van der Waals surface area contributed by atoms with Crippen molar-refractivity contribution in [3.05, 3.63) is 47.3 Å². The molecule has 0 unspecified atom stereocenters. The van der Waals surface area contributed by atoms with E-state index in [1.165, 1.54) is 36.8 Å². The first kappa shape index (κ1) is 17.3. The number of aromatic nitrogens is 2. The summed E-state index contributed by atoms with van der Waals surface area (Å²) in [5, 5.41) is 6.69. The second-order valence-corrected chi connectivity index (χ2v) is 6.64. The summed E-state index contributed by atoms with van der Waals surface area (Å²) in [5.41, 5.74) is 11.8. The maximum absolute atomic E-state index is 6.27. The summed E-state index contributed by atoms with van der Waals surface area (Å²) >= 11 is 0. The monoisotopic (exact) mass is 337 g/mol. The third kappa shape index (κ3) is 4.29. The molecule has 1 aromatic heterocycles. The van der Waals surface area contributed by atoms with Crippen molar-refractivity contribution in [1.29, 1.82) is 0 Å². The molecule has 0 saturated heterocycles. The van der Waals surface area contributed by atoms with Crippen molar-refractivity contribution >= 4 is 23.0 Å². The summed E-state index contributed by atoms with van der Waals surface area (Å²) in [7, 11) is 0. The van der Waals surface area contributed by atoms with Gasteiger partial charge in [0.2, 0.25) is 0 Å². The SMILES string of the molecule is Cc1cccc(Nc2ncnc(NCCC3=CCCCC3)c2N)c1C. The Balaban J connectivity index is 1.67. The molecule has 0 radical (unpaired) electrons. The largest absolute Gasteiger partial charge is 0.393 e. The van der Waals surface area contributed by atoms with Gasteiger partial charge in [-0.15, -0.1) is 0 Å². The Morgan fingerprint density at radius 3 is 2.76 bits per heavy atom. The number of nitrogen functional groups attached to an aromatic ring is 1. The molecule has 2 aromatic rings. The Morgan fingerprint density at radius 2 is 1.96 bits per heavy atom. The van der Waals surface area contributed by atoms with Gasteiger partial charge in [-0.1, -0.05) is 23.8 Å². The summed E-state index contributed by atoms with van der Waals surface area (Å²) < 4.78 is 0. The van der Waals surface area contributed by atoms with Crippen LogP contribution in [0.25, 0.3) is 0 Å². The van der Waals surface area contributed by atoms with Crippen molar-refractivity contribution in [2.75, 3.05) is 22.9 Å². The Kier molecular flexibility index (Phi) is 5.53. The van der Waals surface area contributed by atoms with E-state index in [-0.39, 0.29) is 0 Å². The molecule has 0 fully saturated rings. The quantitative estimate of drug-likeness (QED) is 0.665. The smallest absolute Gasteiger partial charge is 0.159 e. The Hall–Kier alpha value is -2.56. The lowest BCUT2D eigenvalue weighted by molar-refractivity contribution is 0.679. The number of nitrogens with zero attached hydrogens (tertiary/aromatic N) is 2. The van der Waals surface area contributed by atoms with E-state index < -0.39 is 0 Å². The highest BCUT2D eigenvalue weighted by Crippen LogP contribution is 2.28. The van der Waals surface area contributed by atoms with Gasteiger partial charge in [-0.05, 0) is 63.1 Å². The van der Waals surface area contributed by atoms with E-state index in [0.29, 0.717) is 17.3 Å². The van der Waals surface area contributed by atoms with E-state index in [9.17, 15) is 0 Å². The Labute approximate surface area is 149 Å². The highest BCUT2D eigenvalue weighted by molar-refractivity contribution is 5.78. The van der Waals surface area contributed by atoms with Gasteiger partial charge in [0.05, 0.1) is 0 Å². The highest BCUT2D eigenvalue weighted by Gasteiger charge is 2.10. The highest BCUT2D eigenvalue weighted by atomic mass is 15.1. The van der Waals surface area contributed by atoms with Crippen LogP contribution in [0.4, 0.5) is 23.0 Å². The van der Waals surface area contributed by atoms with Crippen LogP contribution in [0.2, 0.25) is 0 Å². The average molecular weight is 337 g/mol. The second-order valence-electron chi connectivity index (χ2n) is 6.64. The van der Waals surface area contributed by atoms with Crippen LogP contribution in [0.3, 0.4) is 0 Å². The Bertz CT molecular complexity index is 767. The van der Waals surface area contributed by atoms with Crippen LogP contribution >= 0.6 is 0 Å². The van der Waals surface area contributed by atoms with Crippen molar-refractivity contribution in [1.82, 2.24) is 9.97 Å². The lowest BCUT2D eigenvalue weighted by atomic mass is 9.97. The van der Waals surface area contributed by atoms with Crippen LogP contribution in [-0.4, -0.2) is 16.5 Å². The van der Waals surface area contributed by atoms with Crippen molar-refractivity contribution < 1.29 is 0 Å². The number of anilines is 4. The zero-order valence-corrected chi connectivity index (χ0v) is 15.1. The fourth-order valence-electron chi connectivity index (χ4n) is 3.12. The van der Waals surface area contributed by atoms with E-state index >= 15 is 0 Å². The van der Waals surface area contributed by atoms with Gasteiger partial charge >= 0.3 is 0 Å². The standard InChI is InChI=1S/C20H27N5/c1-14-7-6-10-17(15(14)2)25-20-18(21)19(23-13-24-20)22-12-11-16-8-4-3-5-9-16/h6-8,10,13H,3-5,9,11-12,21H2,1-2H3,(H2,22,23,24,25). The van der Waals surface area contributed by atoms with Crippen LogP contribution < -0.4 is 16.4 Å². The summed E-state index contributed by atoms with van der Waals surface area (Å²) in [4.78, 5) is 8.60. The zero-order chi connectivity index (χ0) is 17.6. The van der Waals surface area contributed by atoms with Crippen LogP contribution in [0.5, 0.6) is 0 Å². The minimum atomic E-state index is 0.557. The van der Waals surface area contributed by atoms with Gasteiger partial charge in [0, 0.05) is 12.2 Å². The molecule has 132 valence electrons. The third-order valence-electron chi connectivity index (χ3n) is 4.87. The maximum atomic E-state index is 6.27. The molecular weight excluding hydrogens is 310 g/mol. The van der Waals surface area contributed by atoms with E-state index in [2.05, 4.69) is 46.6 Å². The topological polar surface area (TPSA) is 75.9 Å². The molecule has 25 heavy (non-hydrogen) atoms. The van der Waals surface area contributed by atoms with E-state index in [4.69, 9.17) is 5.73 Å². The molecule has 3 rings (SSSR count). The molecule has 0 saturated carbocycles. The average Bonchev–Trinajstić information content (AvgIpc) is 2.63. The predicted octanol–water partition coefficient (Wildman–Crippen LogP) is 4.72. The number of hydrogen-bond donors (Lipinski definition) is 3. The number of hydrogen-bond acceptors (Lipinski definition) is 5. The molecule has 0 amide bonds. The summed E-state index contributed by atoms with van der Waals surface area (Å²) in [6, 6.07) is 6.16. The number of aryl methyl sites for hydroxylation is 1. The summed E-state index contributed by atoms with van der Waals surface area (Å²) in [6.45, 7) is 5.03. The molecule has 5 heteroatoms. The number of allylic oxidation sites excluding steroid dienone is 1. The summed E-state index contributed by atoms with van der Waals surface area (Å²) in [6.07, 6.45) is 10.0. The fourth-order valence-corrected chi connectivity index (χ4v) is 3.12. The molecule has 5 nitrogen and oxygen atoms in total. The van der Waals surface area contributed by atoms with Crippen molar-refractivity contribution in [2.24, 2.45) is 0 Å². The minimum absolute atomic E-state index is 0.557. The molecule has 1 aromatic carbocycles. The van der Waals surface area contributed by atoms with Gasteiger partial charge in [-0.2, -0.15) is 0 Å². The molecule has 0 atom stereocenters. The van der Waals surface area contributed by atoms with Crippen LogP contribution in [0, 0.1) is 13.8 Å². The first-order valence-corrected chi connectivity index (χ1v) is 9.00. The van der Waals surface area contributed by atoms with Crippen molar-refractivity contribution in [2.45, 2.75) is 46.0 Å². The van der Waals surface area contributed by atoms with Crippen LogP contribution in [-0.2, 0) is 0 Å². The minimum Gasteiger partial charge on any atom is -0.393 e. The van der Waals surface area contributed by atoms with Gasteiger partial charge < -0.3 is 16.4 Å². The first-order chi connectivity index (χ1) is 12.1. The van der Waals surface area contributed by atoms with Gasteiger partial charge in [0.25, 0.3) is 0 Å². The van der Waals surface area contributed by atoms with Crippen molar-refractivity contribution in [3.63, 3.8) is 0 Å². The zero-order valence-electron chi connectivity index (χ0n) is 15.1. The van der Waals surface area contributed by atoms with E-state index in [1.54, 1.807) is 11.9 Å². The first-order valence-electron chi connectivity index (χ1n) is 9.00. The predicted molar refractivity (Wildman–Crippen MR) is 105 cm³/mol. The molecule has 0 spiro atoms. The van der Waals surface area contributed by atoms with Gasteiger partial charge in [0.1, 0.15) is 12.0 Å². The fraction of sp³-hybridized carbons (Fsp3) is 0.400. The normalized spacial score (nSPS) is 14.1. The molecule has 4 N–H and O–H groups in total. The molecule has 0 bridgehead atoms. The number of nitrogens with one attached hydrogen (secondary N) is 2. The van der Waals surface area contributed by atoms with Gasteiger partial charge in [0.15, 0.2) is 11.6 Å². The lowest BCUT2D eigenvalue weighted by Gasteiger charge is -2.16. The molecule has 0 aliphatic heterocycles. The third-order valence-corrected chi connectivity index (χ3v) is 4.87. The molecule has 1 aliphatic carbocycles. The molecular formula is C20H27N5. The number of nitrogens with two attached hydrogens (primary N) is 1. The number of benzene rings is 1. The second kappa shape index (κ2) is 8.01. The van der Waals surface area contributed by atoms with Gasteiger partial charge in [-0.25, -0.2) is 9.97 Å². The lowest BCUT2D eigenvalue weighted by Crippen LogP contribution is -2.10. The maximum Gasteiger partial charge on any atom is 0.159 e. The van der Waals surface area contributed by atoms with Gasteiger partial charge in [-0.3, -0.25) is 0 Å². The van der Waals surface area contributed by atoms with E-state index in [0.717, 1.165) is 18.7 Å². The summed E-state index contributed by atoms with van der Waals surface area (Å²) in [5.74, 6) is 1.34. The molecule has 1 aliphatic rings. The van der Waals surface area contributed by atoms with E-state index in [1.807, 2.05) is 12.1 Å². The number of rotatable bonds is 6. The van der Waals surface area contributed by atoms with Crippen molar-refractivity contribution in [3.8, 4) is 0 Å².